The van der Waals surface area contributed by atoms with E-state index in [-0.39, 0.29) is 23.6 Å². The molecule has 0 radical (unpaired) electrons. The molecule has 5 heteroatoms. The molecule has 0 bridgehead atoms. The molecule has 1 saturated carbocycles. The number of nitrogens with one attached hydrogen (secondary N) is 1. The molecule has 1 aliphatic carbocycles. The van der Waals surface area contributed by atoms with Gasteiger partial charge in [-0.15, -0.1) is 0 Å². The second-order valence-corrected chi connectivity index (χ2v) is 7.23. The summed E-state index contributed by atoms with van der Waals surface area (Å²) in [5.74, 6) is 0.261. The highest BCUT2D eigenvalue weighted by Gasteiger charge is 2.48. The second kappa shape index (κ2) is 6.85. The van der Waals surface area contributed by atoms with Crippen molar-refractivity contribution in [1.82, 2.24) is 15.1 Å². The lowest BCUT2D eigenvalue weighted by Gasteiger charge is -2.38. The minimum absolute atomic E-state index is 0.135. The van der Waals surface area contributed by atoms with E-state index in [4.69, 9.17) is 4.74 Å². The molecule has 2 heterocycles. The highest BCUT2D eigenvalue weighted by molar-refractivity contribution is 5.87. The van der Waals surface area contributed by atoms with Gasteiger partial charge >= 0.3 is 0 Å². The van der Waals surface area contributed by atoms with E-state index in [1.807, 2.05) is 6.92 Å². The number of nitrogens with zero attached hydrogens (tertiary/aromatic N) is 2. The molecule has 2 aliphatic heterocycles. The van der Waals surface area contributed by atoms with Gasteiger partial charge in [0.2, 0.25) is 5.91 Å². The topological polar surface area (TPSA) is 44.8 Å². The van der Waals surface area contributed by atoms with Crippen molar-refractivity contribution < 1.29 is 9.53 Å². The first-order valence-corrected chi connectivity index (χ1v) is 9.02. The van der Waals surface area contributed by atoms with Crippen LogP contribution in [0.4, 0.5) is 0 Å². The smallest absolute Gasteiger partial charge is 0.240 e. The molecule has 126 valence electrons. The normalized spacial score (nSPS) is 32.6. The van der Waals surface area contributed by atoms with E-state index < -0.39 is 0 Å². The summed E-state index contributed by atoms with van der Waals surface area (Å²) in [4.78, 5) is 17.9. The zero-order valence-corrected chi connectivity index (χ0v) is 14.1. The van der Waals surface area contributed by atoms with Gasteiger partial charge in [-0.3, -0.25) is 9.69 Å². The molecule has 22 heavy (non-hydrogen) atoms. The van der Waals surface area contributed by atoms with Crippen molar-refractivity contribution in [3.63, 3.8) is 0 Å². The Labute approximate surface area is 134 Å². The maximum absolute atomic E-state index is 13.1. The molecule has 5 nitrogen and oxygen atoms in total. The summed E-state index contributed by atoms with van der Waals surface area (Å²) in [6.45, 7) is 6.73. The maximum Gasteiger partial charge on any atom is 0.240 e. The number of likely N-dealkylation sites (tertiary alicyclic amines) is 2. The van der Waals surface area contributed by atoms with Crippen molar-refractivity contribution in [3.8, 4) is 0 Å². The van der Waals surface area contributed by atoms with Gasteiger partial charge in [0.25, 0.3) is 0 Å². The molecular weight excluding hydrogens is 278 g/mol. The first kappa shape index (κ1) is 16.2. The number of hydrogen-bond donors (Lipinski definition) is 1. The average molecular weight is 309 g/mol. The second-order valence-electron chi connectivity index (χ2n) is 7.23. The van der Waals surface area contributed by atoms with E-state index in [9.17, 15) is 4.79 Å². The summed E-state index contributed by atoms with van der Waals surface area (Å²) >= 11 is 0. The first-order valence-electron chi connectivity index (χ1n) is 9.02. The van der Waals surface area contributed by atoms with Gasteiger partial charge in [0.1, 0.15) is 5.54 Å². The zero-order chi connectivity index (χ0) is 15.6. The fraction of sp³-hybridized carbons (Fsp3) is 0.941. The number of rotatable bonds is 5. The predicted molar refractivity (Wildman–Crippen MR) is 86.8 cm³/mol. The van der Waals surface area contributed by atoms with Crippen LogP contribution >= 0.6 is 0 Å². The van der Waals surface area contributed by atoms with Crippen molar-refractivity contribution in [2.24, 2.45) is 0 Å². The van der Waals surface area contributed by atoms with Gasteiger partial charge in [0.15, 0.2) is 0 Å². The highest BCUT2D eigenvalue weighted by atomic mass is 16.5. The number of carbonyl (C=O) groups is 1. The fourth-order valence-corrected chi connectivity index (χ4v) is 4.58. The summed E-state index contributed by atoms with van der Waals surface area (Å²) in [7, 11) is 2.10. The monoisotopic (exact) mass is 309 g/mol. The van der Waals surface area contributed by atoms with Crippen LogP contribution in [0.1, 0.15) is 45.4 Å². The Morgan fingerprint density at radius 1 is 1.18 bits per heavy atom. The highest BCUT2D eigenvalue weighted by Crippen LogP contribution is 2.38. The molecule has 1 N–H and O–H groups in total. The number of hydrogen-bond acceptors (Lipinski definition) is 4. The SMILES string of the molecule is CCO[C@H]1CN(C)C[C@@H]1NC(=O)C1(N2CCCC2)CCCC1. The molecule has 0 aromatic rings. The molecule has 0 spiro atoms. The molecule has 0 unspecified atom stereocenters. The first-order chi connectivity index (χ1) is 10.7. The maximum atomic E-state index is 13.1. The minimum Gasteiger partial charge on any atom is -0.375 e. The lowest BCUT2D eigenvalue weighted by Crippen LogP contribution is -2.59. The van der Waals surface area contributed by atoms with Crippen molar-refractivity contribution in [2.45, 2.75) is 63.1 Å². The Bertz CT molecular complexity index is 389. The standard InChI is InChI=1S/C17H31N3O2/c1-3-22-15-13-19(2)12-14(15)18-16(21)17(8-4-5-9-17)20-10-6-7-11-20/h14-15H,3-13H2,1-2H3,(H,18,21)/t14-,15-/m0/s1. The zero-order valence-electron chi connectivity index (χ0n) is 14.1. The third-order valence-electron chi connectivity index (χ3n) is 5.71. The molecular formula is C17H31N3O2. The quantitative estimate of drug-likeness (QED) is 0.830. The van der Waals surface area contributed by atoms with Crippen LogP contribution in [0, 0.1) is 0 Å². The molecule has 3 rings (SSSR count). The average Bonchev–Trinajstić information content (AvgIpc) is 3.20. The number of likely N-dealkylation sites (N-methyl/N-ethyl adjacent to an activating group) is 1. The number of carbonyl (C=O) groups excluding carboxylic acids is 1. The van der Waals surface area contributed by atoms with Gasteiger partial charge in [0, 0.05) is 19.7 Å². The van der Waals surface area contributed by atoms with Crippen LogP contribution in [-0.4, -0.2) is 73.2 Å². The summed E-state index contributed by atoms with van der Waals surface area (Å²) in [5, 5.41) is 3.36. The lowest BCUT2D eigenvalue weighted by atomic mass is 9.93. The fourth-order valence-electron chi connectivity index (χ4n) is 4.58. The van der Waals surface area contributed by atoms with Crippen molar-refractivity contribution in [3.05, 3.63) is 0 Å². The Balaban J connectivity index is 1.68. The third-order valence-corrected chi connectivity index (χ3v) is 5.71. The Morgan fingerprint density at radius 3 is 2.50 bits per heavy atom. The van der Waals surface area contributed by atoms with Gasteiger partial charge in [-0.1, -0.05) is 12.8 Å². The molecule has 0 aromatic carbocycles. The van der Waals surface area contributed by atoms with E-state index in [1.165, 1.54) is 25.7 Å². The summed E-state index contributed by atoms with van der Waals surface area (Å²) in [6.07, 6.45) is 7.04. The molecule has 2 atom stereocenters. The lowest BCUT2D eigenvalue weighted by molar-refractivity contribution is -0.134. The van der Waals surface area contributed by atoms with Crippen molar-refractivity contribution >= 4 is 5.91 Å². The van der Waals surface area contributed by atoms with E-state index in [0.717, 1.165) is 39.0 Å². The van der Waals surface area contributed by atoms with Crippen LogP contribution in [0.3, 0.4) is 0 Å². The van der Waals surface area contributed by atoms with Gasteiger partial charge in [-0.2, -0.15) is 0 Å². The Kier molecular flexibility index (Phi) is 5.05. The van der Waals surface area contributed by atoms with E-state index in [1.54, 1.807) is 0 Å². The summed E-state index contributed by atoms with van der Waals surface area (Å²) in [6, 6.07) is 0.137. The Morgan fingerprint density at radius 2 is 1.86 bits per heavy atom. The van der Waals surface area contributed by atoms with Gasteiger partial charge in [0.05, 0.1) is 12.1 Å². The van der Waals surface area contributed by atoms with Crippen LogP contribution in [0.15, 0.2) is 0 Å². The van der Waals surface area contributed by atoms with E-state index in [0.29, 0.717) is 6.61 Å². The third kappa shape index (κ3) is 3.03. The van der Waals surface area contributed by atoms with Crippen LogP contribution in [0.25, 0.3) is 0 Å². The van der Waals surface area contributed by atoms with E-state index >= 15 is 0 Å². The minimum atomic E-state index is -0.228. The van der Waals surface area contributed by atoms with Crippen LogP contribution in [0.5, 0.6) is 0 Å². The molecule has 1 amide bonds. The van der Waals surface area contributed by atoms with Crippen LogP contribution in [-0.2, 0) is 9.53 Å². The predicted octanol–water partition coefficient (Wildman–Crippen LogP) is 1.23. The number of ether oxygens (including phenoxy) is 1. The van der Waals surface area contributed by atoms with Crippen LogP contribution < -0.4 is 5.32 Å². The summed E-state index contributed by atoms with van der Waals surface area (Å²) < 4.78 is 5.84. The van der Waals surface area contributed by atoms with Gasteiger partial charge < -0.3 is 15.0 Å². The Hall–Kier alpha value is -0.650. The van der Waals surface area contributed by atoms with Gasteiger partial charge in [-0.05, 0) is 52.7 Å². The van der Waals surface area contributed by atoms with Gasteiger partial charge in [-0.25, -0.2) is 0 Å². The molecule has 3 fully saturated rings. The summed E-state index contributed by atoms with van der Waals surface area (Å²) in [5.41, 5.74) is -0.228. The number of amides is 1. The molecule has 2 saturated heterocycles. The molecule has 0 aromatic heterocycles. The molecule has 3 aliphatic rings. The largest absolute Gasteiger partial charge is 0.375 e. The van der Waals surface area contributed by atoms with E-state index in [2.05, 4.69) is 22.2 Å². The van der Waals surface area contributed by atoms with Crippen molar-refractivity contribution in [2.75, 3.05) is 39.8 Å². The van der Waals surface area contributed by atoms with Crippen LogP contribution in [0.2, 0.25) is 0 Å². The van der Waals surface area contributed by atoms with Crippen molar-refractivity contribution in [1.29, 1.82) is 0 Å².